The summed E-state index contributed by atoms with van der Waals surface area (Å²) in [6.45, 7) is 0. The van der Waals surface area contributed by atoms with Gasteiger partial charge in [0.2, 0.25) is 5.75 Å². The van der Waals surface area contributed by atoms with E-state index in [-0.39, 0.29) is 10.5 Å². The number of ether oxygens (including phenoxy) is 4. The molecule has 3 aromatic rings. The second-order valence-corrected chi connectivity index (χ2v) is 12.4. The van der Waals surface area contributed by atoms with Crippen LogP contribution in [0.15, 0.2) is 65.7 Å². The third kappa shape index (κ3) is 5.12. The molecule has 0 spiro atoms. The van der Waals surface area contributed by atoms with Crippen molar-refractivity contribution in [1.82, 2.24) is 0 Å². The molecule has 0 radical (unpaired) electrons. The van der Waals surface area contributed by atoms with Crippen LogP contribution in [0.3, 0.4) is 0 Å². The van der Waals surface area contributed by atoms with Crippen molar-refractivity contribution in [2.24, 2.45) is 0 Å². The number of thioether (sulfide) groups is 2. The Balaban J connectivity index is 1.69. The first kappa shape index (κ1) is 25.5. The van der Waals surface area contributed by atoms with Gasteiger partial charge < -0.3 is 18.9 Å². The first-order valence-electron chi connectivity index (χ1n) is 11.6. The van der Waals surface area contributed by atoms with E-state index in [2.05, 4.69) is 35.7 Å². The molecule has 1 unspecified atom stereocenters. The Morgan fingerprint density at radius 1 is 0.917 bits per heavy atom. The highest BCUT2D eigenvalue weighted by molar-refractivity contribution is 8.17. The Kier molecular flexibility index (Phi) is 8.11. The van der Waals surface area contributed by atoms with Crippen LogP contribution in [0.4, 0.5) is 0 Å². The van der Waals surface area contributed by atoms with Crippen LogP contribution in [0.1, 0.15) is 28.3 Å². The van der Waals surface area contributed by atoms with Crippen molar-refractivity contribution < 1.29 is 18.9 Å². The molecule has 0 amide bonds. The molecule has 1 saturated heterocycles. The number of allylic oxidation sites excluding steroid dienone is 2. The van der Waals surface area contributed by atoms with Crippen molar-refractivity contribution in [2.45, 2.75) is 16.9 Å². The largest absolute Gasteiger partial charge is 0.493 e. The van der Waals surface area contributed by atoms with E-state index in [1.54, 1.807) is 32.7 Å². The maximum Gasteiger partial charge on any atom is 0.203 e. The number of rotatable bonds is 7. The van der Waals surface area contributed by atoms with Crippen LogP contribution in [-0.2, 0) is 4.74 Å². The fraction of sp³-hybridized carbons (Fsp3) is 0.286. The van der Waals surface area contributed by atoms with Gasteiger partial charge in [0.05, 0.1) is 21.3 Å². The summed E-state index contributed by atoms with van der Waals surface area (Å²) in [6, 6.07) is 16.3. The van der Waals surface area contributed by atoms with Crippen molar-refractivity contribution in [1.29, 1.82) is 0 Å². The number of hydrogen-bond donors (Lipinski definition) is 0. The summed E-state index contributed by atoms with van der Waals surface area (Å²) in [4.78, 5) is 1.22. The standard InChI is InChI=1S/C28H27ClO4S3/c1-30-22-14-18(15-23(31-2)26(22)32-3)21-16-20(17-7-9-19(29)10-8-17)25(24-6-4-11-34-24)27(33-21)28-35-12-5-13-36-28/h4,6-11,14-16,20,28H,5,12-13H2,1-3H3. The molecule has 5 rings (SSSR count). The van der Waals surface area contributed by atoms with Crippen molar-refractivity contribution >= 4 is 57.8 Å². The molecule has 188 valence electrons. The van der Waals surface area contributed by atoms with Crippen molar-refractivity contribution in [3.05, 3.63) is 86.8 Å². The monoisotopic (exact) mass is 558 g/mol. The van der Waals surface area contributed by atoms with Gasteiger partial charge in [-0.05, 0) is 65.3 Å². The SMILES string of the molecule is COc1cc(C2=CC(c3ccc(Cl)cc3)C(c3cccs3)=C(C3SCCCS3)O2)cc(OC)c1OC. The summed E-state index contributed by atoms with van der Waals surface area (Å²) in [5.41, 5.74) is 3.26. The summed E-state index contributed by atoms with van der Waals surface area (Å²) in [7, 11) is 4.87. The lowest BCUT2D eigenvalue weighted by Gasteiger charge is -2.33. The highest BCUT2D eigenvalue weighted by atomic mass is 35.5. The average Bonchev–Trinajstić information content (AvgIpc) is 3.47. The molecule has 1 fully saturated rings. The molecule has 0 aliphatic carbocycles. The highest BCUT2D eigenvalue weighted by Gasteiger charge is 2.34. The molecule has 4 nitrogen and oxygen atoms in total. The Hall–Kier alpha value is -2.19. The molecular formula is C28H27ClO4S3. The van der Waals surface area contributed by atoms with E-state index in [4.69, 9.17) is 30.5 Å². The van der Waals surface area contributed by atoms with Crippen molar-refractivity contribution in [3.8, 4) is 17.2 Å². The van der Waals surface area contributed by atoms with E-state index in [0.717, 1.165) is 33.6 Å². The first-order valence-corrected chi connectivity index (χ1v) is 14.9. The van der Waals surface area contributed by atoms with Gasteiger partial charge in [0.15, 0.2) is 11.5 Å². The summed E-state index contributed by atoms with van der Waals surface area (Å²) < 4.78 is 23.9. The summed E-state index contributed by atoms with van der Waals surface area (Å²) in [5, 5.41) is 2.85. The van der Waals surface area contributed by atoms with Crippen LogP contribution in [0, 0.1) is 0 Å². The van der Waals surface area contributed by atoms with Gasteiger partial charge in [-0.2, -0.15) is 0 Å². The Bertz CT molecular complexity index is 1240. The zero-order valence-corrected chi connectivity index (χ0v) is 23.5. The van der Waals surface area contributed by atoms with E-state index >= 15 is 0 Å². The van der Waals surface area contributed by atoms with Crippen LogP contribution < -0.4 is 14.2 Å². The first-order chi connectivity index (χ1) is 17.6. The van der Waals surface area contributed by atoms with Crippen LogP contribution in [0.5, 0.6) is 17.2 Å². The maximum absolute atomic E-state index is 6.82. The summed E-state index contributed by atoms with van der Waals surface area (Å²) in [6.07, 6.45) is 3.41. The molecule has 1 atom stereocenters. The van der Waals surface area contributed by atoms with Crippen molar-refractivity contribution in [3.63, 3.8) is 0 Å². The smallest absolute Gasteiger partial charge is 0.203 e. The van der Waals surface area contributed by atoms with E-state index in [1.165, 1.54) is 22.4 Å². The molecular weight excluding hydrogens is 532 g/mol. The van der Waals surface area contributed by atoms with E-state index in [0.29, 0.717) is 17.2 Å². The molecule has 8 heteroatoms. The van der Waals surface area contributed by atoms with Gasteiger partial charge in [-0.1, -0.05) is 29.8 Å². The Morgan fingerprint density at radius 2 is 1.61 bits per heavy atom. The molecule has 36 heavy (non-hydrogen) atoms. The van der Waals surface area contributed by atoms with Gasteiger partial charge >= 0.3 is 0 Å². The van der Waals surface area contributed by atoms with Crippen LogP contribution in [0.25, 0.3) is 11.3 Å². The molecule has 0 N–H and O–H groups in total. The number of hydrogen-bond acceptors (Lipinski definition) is 7. The number of benzene rings is 2. The van der Waals surface area contributed by atoms with Gasteiger partial charge in [0.1, 0.15) is 16.1 Å². The Labute approximate surface area is 229 Å². The predicted molar refractivity (Wildman–Crippen MR) is 154 cm³/mol. The second kappa shape index (κ2) is 11.5. The minimum atomic E-state index is 0.00175. The number of methoxy groups -OCH3 is 3. The van der Waals surface area contributed by atoms with Gasteiger partial charge in [-0.3, -0.25) is 0 Å². The second-order valence-electron chi connectivity index (χ2n) is 8.26. The summed E-state index contributed by atoms with van der Waals surface area (Å²) in [5.74, 6) is 5.78. The average molecular weight is 559 g/mol. The van der Waals surface area contributed by atoms with Gasteiger partial charge in [0.25, 0.3) is 0 Å². The zero-order valence-electron chi connectivity index (χ0n) is 20.3. The van der Waals surface area contributed by atoms with E-state index in [1.807, 2.05) is 47.8 Å². The topological polar surface area (TPSA) is 36.9 Å². The molecule has 1 aromatic heterocycles. The quantitative estimate of drug-likeness (QED) is 0.291. The lowest BCUT2D eigenvalue weighted by molar-refractivity contribution is 0.323. The van der Waals surface area contributed by atoms with Crippen LogP contribution >= 0.6 is 46.5 Å². The fourth-order valence-electron chi connectivity index (χ4n) is 4.43. The predicted octanol–water partition coefficient (Wildman–Crippen LogP) is 8.19. The number of thiophene rings is 1. The third-order valence-electron chi connectivity index (χ3n) is 6.12. The summed E-state index contributed by atoms with van der Waals surface area (Å²) >= 11 is 11.9. The Morgan fingerprint density at radius 3 is 2.19 bits per heavy atom. The molecule has 2 aromatic carbocycles. The van der Waals surface area contributed by atoms with Crippen molar-refractivity contribution in [2.75, 3.05) is 32.8 Å². The van der Waals surface area contributed by atoms with Gasteiger partial charge in [-0.15, -0.1) is 34.9 Å². The lowest BCUT2D eigenvalue weighted by Crippen LogP contribution is -2.19. The molecule has 0 bridgehead atoms. The highest BCUT2D eigenvalue weighted by Crippen LogP contribution is 2.51. The lowest BCUT2D eigenvalue weighted by atomic mass is 9.86. The van der Waals surface area contributed by atoms with Crippen LogP contribution in [0.2, 0.25) is 5.02 Å². The normalized spacial score (nSPS) is 18.4. The third-order valence-corrected chi connectivity index (χ3v) is 10.2. The maximum atomic E-state index is 6.82. The zero-order chi connectivity index (χ0) is 25.1. The number of halogens is 1. The van der Waals surface area contributed by atoms with Gasteiger partial charge in [0, 0.05) is 27.0 Å². The molecule has 2 aliphatic rings. The minimum Gasteiger partial charge on any atom is -0.493 e. The minimum absolute atomic E-state index is 0.00175. The fourth-order valence-corrected chi connectivity index (χ4v) is 8.22. The molecule has 2 aliphatic heterocycles. The van der Waals surface area contributed by atoms with Crippen LogP contribution in [-0.4, -0.2) is 37.4 Å². The molecule has 3 heterocycles. The molecule has 0 saturated carbocycles. The van der Waals surface area contributed by atoms with Gasteiger partial charge in [-0.25, -0.2) is 0 Å². The van der Waals surface area contributed by atoms with E-state index < -0.39 is 0 Å². The van der Waals surface area contributed by atoms with E-state index in [9.17, 15) is 0 Å².